The van der Waals surface area contributed by atoms with Crippen LogP contribution in [0, 0.1) is 0 Å². The molecular formula is C18H25NO6. The molecule has 1 aromatic rings. The Kier molecular flexibility index (Phi) is 9.06. The number of carbonyl (C=O) groups is 3. The first-order valence-corrected chi connectivity index (χ1v) is 8.10. The molecular weight excluding hydrogens is 326 g/mol. The molecule has 0 aliphatic rings. The summed E-state index contributed by atoms with van der Waals surface area (Å²) in [5, 5.41) is 2.47. The number of nitrogens with one attached hydrogen (secondary N) is 1. The van der Waals surface area contributed by atoms with Gasteiger partial charge in [0.2, 0.25) is 0 Å². The SMILES string of the molecule is COC(=O)CCc1cccc(CCC(=O)OC(C)CNC(=O)OC)c1. The Balaban J connectivity index is 2.37. The van der Waals surface area contributed by atoms with Crippen molar-refractivity contribution >= 4 is 18.0 Å². The number of ether oxygens (including phenoxy) is 3. The molecule has 0 bridgehead atoms. The Morgan fingerprint density at radius 2 is 1.60 bits per heavy atom. The second-order valence-electron chi connectivity index (χ2n) is 5.57. The van der Waals surface area contributed by atoms with Crippen molar-refractivity contribution in [1.82, 2.24) is 5.32 Å². The summed E-state index contributed by atoms with van der Waals surface area (Å²) in [5.74, 6) is -0.581. The van der Waals surface area contributed by atoms with E-state index in [9.17, 15) is 14.4 Å². The molecule has 7 nitrogen and oxygen atoms in total. The number of aryl methyl sites for hydroxylation is 2. The molecule has 0 radical (unpaired) electrons. The van der Waals surface area contributed by atoms with Gasteiger partial charge in [-0.1, -0.05) is 24.3 Å². The van der Waals surface area contributed by atoms with Crippen LogP contribution < -0.4 is 5.32 Å². The Labute approximate surface area is 147 Å². The summed E-state index contributed by atoms with van der Waals surface area (Å²) in [4.78, 5) is 34.0. The highest BCUT2D eigenvalue weighted by Crippen LogP contribution is 2.11. The fourth-order valence-electron chi connectivity index (χ4n) is 2.16. The van der Waals surface area contributed by atoms with Crippen molar-refractivity contribution in [2.24, 2.45) is 0 Å². The first-order chi connectivity index (χ1) is 11.9. The normalized spacial score (nSPS) is 11.3. The van der Waals surface area contributed by atoms with E-state index >= 15 is 0 Å². The smallest absolute Gasteiger partial charge is 0.406 e. The molecule has 1 aromatic carbocycles. The monoisotopic (exact) mass is 351 g/mol. The number of benzene rings is 1. The zero-order valence-corrected chi connectivity index (χ0v) is 14.9. The molecule has 0 saturated heterocycles. The zero-order valence-electron chi connectivity index (χ0n) is 14.9. The maximum absolute atomic E-state index is 11.9. The van der Waals surface area contributed by atoms with Gasteiger partial charge in [0.1, 0.15) is 6.10 Å². The number of hydrogen-bond acceptors (Lipinski definition) is 6. The van der Waals surface area contributed by atoms with E-state index in [1.54, 1.807) is 6.92 Å². The number of rotatable bonds is 9. The third-order valence-electron chi connectivity index (χ3n) is 3.51. The quantitative estimate of drug-likeness (QED) is 0.541. The van der Waals surface area contributed by atoms with Crippen LogP contribution in [0.2, 0.25) is 0 Å². The van der Waals surface area contributed by atoms with Crippen molar-refractivity contribution in [3.63, 3.8) is 0 Å². The first-order valence-electron chi connectivity index (χ1n) is 8.10. The van der Waals surface area contributed by atoms with E-state index in [2.05, 4.69) is 14.8 Å². The van der Waals surface area contributed by atoms with Crippen LogP contribution in [0.15, 0.2) is 24.3 Å². The van der Waals surface area contributed by atoms with Gasteiger partial charge in [-0.3, -0.25) is 9.59 Å². The molecule has 1 amide bonds. The first kappa shape index (κ1) is 20.5. The van der Waals surface area contributed by atoms with Gasteiger partial charge in [0.25, 0.3) is 0 Å². The highest BCUT2D eigenvalue weighted by atomic mass is 16.6. The van der Waals surface area contributed by atoms with Gasteiger partial charge in [-0.25, -0.2) is 4.79 Å². The molecule has 0 heterocycles. The van der Waals surface area contributed by atoms with Gasteiger partial charge in [0.15, 0.2) is 0 Å². The van der Waals surface area contributed by atoms with Crippen molar-refractivity contribution < 1.29 is 28.6 Å². The predicted molar refractivity (Wildman–Crippen MR) is 91.1 cm³/mol. The summed E-state index contributed by atoms with van der Waals surface area (Å²) in [6.45, 7) is 1.89. The van der Waals surface area contributed by atoms with Crippen LogP contribution in [0.25, 0.3) is 0 Å². The molecule has 0 aliphatic carbocycles. The Hall–Kier alpha value is -2.57. The average molecular weight is 351 g/mol. The summed E-state index contributed by atoms with van der Waals surface area (Å²) in [6.07, 6.45) is 0.712. The van der Waals surface area contributed by atoms with E-state index in [0.717, 1.165) is 11.1 Å². The second kappa shape index (κ2) is 11.1. The number of amides is 1. The minimum atomic E-state index is -0.563. The lowest BCUT2D eigenvalue weighted by Gasteiger charge is -2.13. The zero-order chi connectivity index (χ0) is 18.7. The molecule has 0 aromatic heterocycles. The Morgan fingerprint density at radius 1 is 1.00 bits per heavy atom. The average Bonchev–Trinajstić information content (AvgIpc) is 2.62. The molecule has 0 fully saturated rings. The highest BCUT2D eigenvalue weighted by Gasteiger charge is 2.11. The molecule has 1 N–H and O–H groups in total. The number of alkyl carbamates (subject to hydrolysis) is 1. The minimum absolute atomic E-state index is 0.196. The maximum atomic E-state index is 11.9. The Morgan fingerprint density at radius 3 is 2.16 bits per heavy atom. The maximum Gasteiger partial charge on any atom is 0.406 e. The predicted octanol–water partition coefficient (Wildman–Crippen LogP) is 2.01. The molecule has 1 unspecified atom stereocenters. The standard InChI is InChI=1S/C18H25NO6/c1-13(12-19-18(22)24-3)25-17(21)10-8-15-6-4-5-14(11-15)7-9-16(20)23-2/h4-6,11,13H,7-10,12H2,1-3H3,(H,19,22). The number of carbonyl (C=O) groups excluding carboxylic acids is 3. The number of hydrogen-bond donors (Lipinski definition) is 1. The largest absolute Gasteiger partial charge is 0.469 e. The fourth-order valence-corrected chi connectivity index (χ4v) is 2.16. The van der Waals surface area contributed by atoms with Gasteiger partial charge in [0, 0.05) is 12.8 Å². The summed E-state index contributed by atoms with van der Waals surface area (Å²) >= 11 is 0. The van der Waals surface area contributed by atoms with E-state index < -0.39 is 12.2 Å². The molecule has 138 valence electrons. The van der Waals surface area contributed by atoms with E-state index in [0.29, 0.717) is 19.3 Å². The van der Waals surface area contributed by atoms with Crippen molar-refractivity contribution in [3.8, 4) is 0 Å². The third kappa shape index (κ3) is 8.74. The van der Waals surface area contributed by atoms with Crippen molar-refractivity contribution in [2.75, 3.05) is 20.8 Å². The number of methoxy groups -OCH3 is 2. The fraction of sp³-hybridized carbons (Fsp3) is 0.500. The van der Waals surface area contributed by atoms with Crippen LogP contribution in [0.5, 0.6) is 0 Å². The van der Waals surface area contributed by atoms with Crippen molar-refractivity contribution in [3.05, 3.63) is 35.4 Å². The summed E-state index contributed by atoms with van der Waals surface area (Å²) < 4.78 is 14.3. The topological polar surface area (TPSA) is 90.9 Å². The van der Waals surface area contributed by atoms with Crippen LogP contribution >= 0.6 is 0 Å². The lowest BCUT2D eigenvalue weighted by Crippen LogP contribution is -2.33. The minimum Gasteiger partial charge on any atom is -0.469 e. The molecule has 1 atom stereocenters. The van der Waals surface area contributed by atoms with Gasteiger partial charge in [-0.05, 0) is 30.9 Å². The summed E-state index contributed by atoms with van der Waals surface area (Å²) in [6, 6.07) is 7.73. The lowest BCUT2D eigenvalue weighted by molar-refractivity contribution is -0.148. The third-order valence-corrected chi connectivity index (χ3v) is 3.51. The molecule has 0 saturated carbocycles. The Bertz CT molecular complexity index is 587. The molecule has 0 aliphatic heterocycles. The van der Waals surface area contributed by atoms with Gasteiger partial charge in [0.05, 0.1) is 20.8 Å². The van der Waals surface area contributed by atoms with E-state index in [1.165, 1.54) is 14.2 Å². The molecule has 1 rings (SSSR count). The van der Waals surface area contributed by atoms with Gasteiger partial charge in [-0.15, -0.1) is 0 Å². The van der Waals surface area contributed by atoms with Crippen LogP contribution in [0.4, 0.5) is 4.79 Å². The molecule has 7 heteroatoms. The van der Waals surface area contributed by atoms with Gasteiger partial charge >= 0.3 is 18.0 Å². The van der Waals surface area contributed by atoms with Gasteiger partial charge < -0.3 is 19.5 Å². The van der Waals surface area contributed by atoms with Crippen LogP contribution in [-0.4, -0.2) is 44.9 Å². The van der Waals surface area contributed by atoms with E-state index in [4.69, 9.17) is 4.74 Å². The lowest BCUT2D eigenvalue weighted by atomic mass is 10.0. The van der Waals surface area contributed by atoms with Crippen molar-refractivity contribution in [2.45, 2.75) is 38.7 Å². The van der Waals surface area contributed by atoms with Crippen LogP contribution in [-0.2, 0) is 36.6 Å². The number of esters is 2. The van der Waals surface area contributed by atoms with Gasteiger partial charge in [-0.2, -0.15) is 0 Å². The van der Waals surface area contributed by atoms with Crippen LogP contribution in [0.3, 0.4) is 0 Å². The van der Waals surface area contributed by atoms with E-state index in [1.807, 2.05) is 24.3 Å². The molecule has 25 heavy (non-hydrogen) atoms. The highest BCUT2D eigenvalue weighted by molar-refractivity contribution is 5.70. The molecule has 0 spiro atoms. The summed E-state index contributed by atoms with van der Waals surface area (Å²) in [5.41, 5.74) is 2.02. The van der Waals surface area contributed by atoms with Crippen molar-refractivity contribution in [1.29, 1.82) is 0 Å². The summed E-state index contributed by atoms with van der Waals surface area (Å²) in [7, 11) is 2.64. The second-order valence-corrected chi connectivity index (χ2v) is 5.57. The van der Waals surface area contributed by atoms with E-state index in [-0.39, 0.29) is 24.9 Å². The van der Waals surface area contributed by atoms with Crippen LogP contribution in [0.1, 0.15) is 30.9 Å².